The van der Waals surface area contributed by atoms with Crippen molar-refractivity contribution in [3.63, 3.8) is 0 Å². The Morgan fingerprint density at radius 2 is 1.00 bits per heavy atom. The van der Waals surface area contributed by atoms with Crippen molar-refractivity contribution < 1.29 is 0 Å². The first-order chi connectivity index (χ1) is 12.8. The first-order valence-electron chi connectivity index (χ1n) is 8.56. The van der Waals surface area contributed by atoms with E-state index < -0.39 is 0 Å². The lowest BCUT2D eigenvalue weighted by molar-refractivity contribution is 1.54. The van der Waals surface area contributed by atoms with Crippen molar-refractivity contribution in [3.05, 3.63) is 108 Å². The topological polar surface area (TPSA) is 12.0 Å². The molecule has 26 heavy (non-hydrogen) atoms. The van der Waals surface area contributed by atoms with Crippen LogP contribution in [0.25, 0.3) is 22.3 Å². The van der Waals surface area contributed by atoms with Crippen molar-refractivity contribution in [2.45, 2.75) is 0 Å². The maximum absolute atomic E-state index is 3.49. The predicted octanol–water partition coefficient (Wildman–Crippen LogP) is 7.53. The summed E-state index contributed by atoms with van der Waals surface area (Å²) in [5.41, 5.74) is 7.06. The van der Waals surface area contributed by atoms with Crippen molar-refractivity contribution in [1.29, 1.82) is 0 Å². The van der Waals surface area contributed by atoms with Gasteiger partial charge in [-0.25, -0.2) is 0 Å². The molecule has 0 bridgehead atoms. The average molecular weight is 400 g/mol. The first-order valence-corrected chi connectivity index (χ1v) is 9.36. The summed E-state index contributed by atoms with van der Waals surface area (Å²) in [5.74, 6) is 0. The zero-order chi connectivity index (χ0) is 17.8. The molecule has 0 aromatic heterocycles. The van der Waals surface area contributed by atoms with E-state index in [2.05, 4.69) is 106 Å². The third kappa shape index (κ3) is 3.87. The minimum atomic E-state index is 1.09. The highest BCUT2D eigenvalue weighted by molar-refractivity contribution is 9.10. The normalized spacial score (nSPS) is 10.5. The van der Waals surface area contributed by atoms with Gasteiger partial charge in [0.15, 0.2) is 0 Å². The quantitative estimate of drug-likeness (QED) is 0.373. The second-order valence-electron chi connectivity index (χ2n) is 6.16. The van der Waals surface area contributed by atoms with E-state index in [-0.39, 0.29) is 0 Å². The number of hydrogen-bond acceptors (Lipinski definition) is 1. The number of hydrogen-bond donors (Lipinski definition) is 1. The molecule has 0 atom stereocenters. The number of benzene rings is 4. The van der Waals surface area contributed by atoms with Gasteiger partial charge in [-0.3, -0.25) is 0 Å². The standard InChI is InChI=1S/C24H18BrN/c25-22-13-9-18(10-14-22)20-5-4-6-21(17-20)19-11-15-24(16-12-19)26-23-7-2-1-3-8-23/h1-17,26H. The van der Waals surface area contributed by atoms with Crippen LogP contribution in [0.1, 0.15) is 0 Å². The highest BCUT2D eigenvalue weighted by atomic mass is 79.9. The van der Waals surface area contributed by atoms with E-state index >= 15 is 0 Å². The summed E-state index contributed by atoms with van der Waals surface area (Å²) in [6.07, 6.45) is 0. The van der Waals surface area contributed by atoms with E-state index in [9.17, 15) is 0 Å². The molecule has 0 fully saturated rings. The third-order valence-corrected chi connectivity index (χ3v) is 4.85. The Kier molecular flexibility index (Phi) is 4.85. The minimum Gasteiger partial charge on any atom is -0.356 e. The van der Waals surface area contributed by atoms with Crippen molar-refractivity contribution in [1.82, 2.24) is 0 Å². The second kappa shape index (κ2) is 7.59. The molecular formula is C24H18BrN. The molecule has 0 aliphatic heterocycles. The Morgan fingerprint density at radius 1 is 0.462 bits per heavy atom. The minimum absolute atomic E-state index is 1.09. The highest BCUT2D eigenvalue weighted by Crippen LogP contribution is 2.28. The van der Waals surface area contributed by atoms with E-state index in [1.54, 1.807) is 0 Å². The van der Waals surface area contributed by atoms with Crippen molar-refractivity contribution >= 4 is 27.3 Å². The molecule has 4 rings (SSSR count). The summed E-state index contributed by atoms with van der Waals surface area (Å²) in [7, 11) is 0. The Balaban J connectivity index is 1.58. The molecular weight excluding hydrogens is 382 g/mol. The van der Waals surface area contributed by atoms with Crippen molar-refractivity contribution in [2.24, 2.45) is 0 Å². The largest absolute Gasteiger partial charge is 0.356 e. The fraction of sp³-hybridized carbons (Fsp3) is 0. The molecule has 4 aromatic carbocycles. The zero-order valence-electron chi connectivity index (χ0n) is 14.2. The van der Waals surface area contributed by atoms with Crippen molar-refractivity contribution in [3.8, 4) is 22.3 Å². The number of halogens is 1. The van der Waals surface area contributed by atoms with Gasteiger partial charge in [-0.1, -0.05) is 76.6 Å². The van der Waals surface area contributed by atoms with Crippen LogP contribution in [0.2, 0.25) is 0 Å². The maximum atomic E-state index is 3.49. The molecule has 0 aliphatic carbocycles. The summed E-state index contributed by atoms with van der Waals surface area (Å²) < 4.78 is 1.10. The molecule has 0 saturated carbocycles. The Labute approximate surface area is 162 Å². The van der Waals surface area contributed by atoms with Crippen LogP contribution >= 0.6 is 15.9 Å². The van der Waals surface area contributed by atoms with Gasteiger partial charge < -0.3 is 5.32 Å². The molecule has 0 amide bonds. The fourth-order valence-corrected chi connectivity index (χ4v) is 3.22. The summed E-state index contributed by atoms with van der Waals surface area (Å²) in [5, 5.41) is 3.42. The van der Waals surface area contributed by atoms with Crippen LogP contribution in [0.3, 0.4) is 0 Å². The lowest BCUT2D eigenvalue weighted by Crippen LogP contribution is -1.89. The Hall–Kier alpha value is -2.84. The zero-order valence-corrected chi connectivity index (χ0v) is 15.8. The fourth-order valence-electron chi connectivity index (χ4n) is 2.95. The van der Waals surface area contributed by atoms with Gasteiger partial charge in [0.1, 0.15) is 0 Å². The second-order valence-corrected chi connectivity index (χ2v) is 7.07. The molecule has 0 radical (unpaired) electrons. The maximum Gasteiger partial charge on any atom is 0.0384 e. The van der Waals surface area contributed by atoms with Gasteiger partial charge in [-0.15, -0.1) is 0 Å². The van der Waals surface area contributed by atoms with Crippen LogP contribution in [0.15, 0.2) is 108 Å². The van der Waals surface area contributed by atoms with Gasteiger partial charge in [0.2, 0.25) is 0 Å². The van der Waals surface area contributed by atoms with E-state index in [4.69, 9.17) is 0 Å². The van der Waals surface area contributed by atoms with E-state index in [0.29, 0.717) is 0 Å². The van der Waals surface area contributed by atoms with Gasteiger partial charge in [0.25, 0.3) is 0 Å². The van der Waals surface area contributed by atoms with Crippen LogP contribution in [-0.2, 0) is 0 Å². The van der Waals surface area contributed by atoms with Gasteiger partial charge in [0, 0.05) is 15.8 Å². The molecule has 2 heteroatoms. The smallest absolute Gasteiger partial charge is 0.0384 e. The van der Waals surface area contributed by atoms with Crippen molar-refractivity contribution in [2.75, 3.05) is 5.32 Å². The lowest BCUT2D eigenvalue weighted by Gasteiger charge is -2.09. The van der Waals surface area contributed by atoms with E-state index in [0.717, 1.165) is 15.8 Å². The Morgan fingerprint density at radius 3 is 1.62 bits per heavy atom. The number of para-hydroxylation sites is 1. The molecule has 0 aliphatic rings. The van der Waals surface area contributed by atoms with Crippen LogP contribution in [-0.4, -0.2) is 0 Å². The van der Waals surface area contributed by atoms with Crippen LogP contribution in [0.4, 0.5) is 11.4 Å². The highest BCUT2D eigenvalue weighted by Gasteiger charge is 2.02. The van der Waals surface area contributed by atoms with Crippen LogP contribution in [0, 0.1) is 0 Å². The summed E-state index contributed by atoms with van der Waals surface area (Å²) in [6, 6.07) is 35.9. The molecule has 1 nitrogen and oxygen atoms in total. The molecule has 0 heterocycles. The van der Waals surface area contributed by atoms with E-state index in [1.807, 2.05) is 18.2 Å². The molecule has 0 spiro atoms. The number of anilines is 2. The Bertz CT molecular complexity index is 990. The first kappa shape index (κ1) is 16.6. The monoisotopic (exact) mass is 399 g/mol. The predicted molar refractivity (Wildman–Crippen MR) is 115 cm³/mol. The molecule has 126 valence electrons. The number of nitrogens with one attached hydrogen (secondary N) is 1. The SMILES string of the molecule is Brc1ccc(-c2cccc(-c3ccc(Nc4ccccc4)cc3)c2)cc1. The van der Waals surface area contributed by atoms with E-state index in [1.165, 1.54) is 22.3 Å². The number of rotatable bonds is 4. The summed E-state index contributed by atoms with van der Waals surface area (Å²) in [6.45, 7) is 0. The van der Waals surface area contributed by atoms with Crippen LogP contribution < -0.4 is 5.32 Å². The molecule has 1 N–H and O–H groups in total. The average Bonchev–Trinajstić information content (AvgIpc) is 2.70. The third-order valence-electron chi connectivity index (χ3n) is 4.32. The molecule has 4 aromatic rings. The van der Waals surface area contributed by atoms with Gasteiger partial charge >= 0.3 is 0 Å². The summed E-state index contributed by atoms with van der Waals surface area (Å²) in [4.78, 5) is 0. The summed E-state index contributed by atoms with van der Waals surface area (Å²) >= 11 is 3.49. The lowest BCUT2D eigenvalue weighted by atomic mass is 9.99. The van der Waals surface area contributed by atoms with Gasteiger partial charge in [-0.05, 0) is 64.7 Å². The molecule has 0 saturated heterocycles. The molecule has 0 unspecified atom stereocenters. The van der Waals surface area contributed by atoms with Crippen LogP contribution in [0.5, 0.6) is 0 Å². The van der Waals surface area contributed by atoms with Gasteiger partial charge in [-0.2, -0.15) is 0 Å². The van der Waals surface area contributed by atoms with Gasteiger partial charge in [0.05, 0.1) is 0 Å².